The first-order valence-electron chi connectivity index (χ1n) is 10.1. The second kappa shape index (κ2) is 7.93. The Labute approximate surface area is 164 Å². The predicted molar refractivity (Wildman–Crippen MR) is 102 cm³/mol. The molecule has 1 atom stereocenters. The molecule has 0 bridgehead atoms. The van der Waals surface area contributed by atoms with Gasteiger partial charge in [0.2, 0.25) is 11.8 Å². The number of hydrogen-bond donors (Lipinski definition) is 2. The van der Waals surface area contributed by atoms with Gasteiger partial charge in [-0.05, 0) is 44.1 Å². The Balaban J connectivity index is 1.76. The molecule has 0 radical (unpaired) electrons. The summed E-state index contributed by atoms with van der Waals surface area (Å²) in [6, 6.07) is 3.24. The average molecular weight is 396 g/mol. The van der Waals surface area contributed by atoms with Crippen LogP contribution in [0.15, 0.2) is 12.1 Å². The van der Waals surface area contributed by atoms with Crippen molar-refractivity contribution < 1.29 is 23.4 Å². The number of carbonyl (C=O) groups is 1. The third kappa shape index (κ3) is 5.19. The number of nitrogens with one attached hydrogen (secondary N) is 1. The van der Waals surface area contributed by atoms with Gasteiger partial charge in [0.05, 0.1) is 18.8 Å². The Bertz CT molecular complexity index is 714. The van der Waals surface area contributed by atoms with E-state index in [1.165, 1.54) is 0 Å². The Kier molecular flexibility index (Phi) is 5.94. The molecule has 1 amide bonds. The number of ether oxygens (including phenoxy) is 1. The van der Waals surface area contributed by atoms with Crippen molar-refractivity contribution in [3.63, 3.8) is 0 Å². The molecule has 1 heterocycles. The van der Waals surface area contributed by atoms with E-state index in [1.54, 1.807) is 19.1 Å². The molecule has 0 saturated heterocycles. The molecular weight excluding hydrogens is 366 g/mol. The van der Waals surface area contributed by atoms with E-state index in [4.69, 9.17) is 4.74 Å². The van der Waals surface area contributed by atoms with Crippen LogP contribution in [0.3, 0.4) is 0 Å². The maximum atomic E-state index is 13.3. The number of aliphatic hydroxyl groups excluding tert-OH is 1. The molecule has 5 nitrogen and oxygen atoms in total. The molecular formula is C21H30F2N2O3. The van der Waals surface area contributed by atoms with Gasteiger partial charge in [0, 0.05) is 24.3 Å². The maximum Gasteiger partial charge on any atom is 0.270 e. The molecule has 0 spiro atoms. The lowest BCUT2D eigenvalue weighted by Gasteiger charge is -2.35. The first-order chi connectivity index (χ1) is 13.1. The summed E-state index contributed by atoms with van der Waals surface area (Å²) in [7, 11) is 0. The first-order valence-corrected chi connectivity index (χ1v) is 10.1. The first kappa shape index (κ1) is 21.0. The fourth-order valence-corrected chi connectivity index (χ4v) is 3.76. The van der Waals surface area contributed by atoms with Crippen molar-refractivity contribution in [2.75, 3.05) is 13.2 Å². The van der Waals surface area contributed by atoms with Gasteiger partial charge in [-0.3, -0.25) is 4.79 Å². The Morgan fingerprint density at radius 2 is 2.07 bits per heavy atom. The third-order valence-electron chi connectivity index (χ3n) is 5.43. The Morgan fingerprint density at radius 1 is 1.39 bits per heavy atom. The molecule has 1 aromatic rings. The number of aromatic nitrogens is 1. The van der Waals surface area contributed by atoms with E-state index in [2.05, 4.69) is 10.3 Å². The van der Waals surface area contributed by atoms with Gasteiger partial charge in [-0.2, -0.15) is 0 Å². The number of hydrogen-bond acceptors (Lipinski definition) is 4. The fraction of sp³-hybridized carbons (Fsp3) is 0.714. The molecule has 2 aliphatic rings. The molecule has 2 fully saturated rings. The van der Waals surface area contributed by atoms with Crippen LogP contribution in [0.2, 0.25) is 0 Å². The lowest BCUT2D eigenvalue weighted by molar-refractivity contribution is -0.0872. The quantitative estimate of drug-likeness (QED) is 0.664. The predicted octanol–water partition coefficient (Wildman–Crippen LogP) is 3.91. The number of pyridine rings is 1. The highest BCUT2D eigenvalue weighted by molar-refractivity contribution is 5.93. The fourth-order valence-electron chi connectivity index (χ4n) is 3.76. The number of alkyl halides is 2. The molecule has 7 heteroatoms. The van der Waals surface area contributed by atoms with E-state index < -0.39 is 17.4 Å². The summed E-state index contributed by atoms with van der Waals surface area (Å²) in [5.41, 5.74) is 0.0655. The SMILES string of the molecule is CC(C)CC(C)(CO)NC(=O)c1ccc(C2CC(F)(F)C2)c(OCC2CC2)n1. The van der Waals surface area contributed by atoms with E-state index in [-0.39, 0.29) is 36.9 Å². The summed E-state index contributed by atoms with van der Waals surface area (Å²) in [4.78, 5) is 17.1. The van der Waals surface area contributed by atoms with Gasteiger partial charge in [-0.25, -0.2) is 13.8 Å². The van der Waals surface area contributed by atoms with Crippen LogP contribution in [0.25, 0.3) is 0 Å². The summed E-state index contributed by atoms with van der Waals surface area (Å²) < 4.78 is 32.4. The van der Waals surface area contributed by atoms with Gasteiger partial charge in [0.25, 0.3) is 5.91 Å². The van der Waals surface area contributed by atoms with Crippen molar-refractivity contribution in [3.8, 4) is 5.88 Å². The monoisotopic (exact) mass is 396 g/mol. The van der Waals surface area contributed by atoms with E-state index in [0.29, 0.717) is 30.4 Å². The Hall–Kier alpha value is -1.76. The average Bonchev–Trinajstić information content (AvgIpc) is 3.41. The summed E-state index contributed by atoms with van der Waals surface area (Å²) >= 11 is 0. The van der Waals surface area contributed by atoms with Crippen LogP contribution in [-0.4, -0.2) is 40.7 Å². The smallest absolute Gasteiger partial charge is 0.270 e. The van der Waals surface area contributed by atoms with Crippen molar-refractivity contribution in [3.05, 3.63) is 23.4 Å². The molecule has 0 aromatic carbocycles. The molecule has 1 aromatic heterocycles. The lowest BCUT2D eigenvalue weighted by atomic mass is 9.77. The summed E-state index contributed by atoms with van der Waals surface area (Å²) in [5.74, 6) is -2.26. The molecule has 156 valence electrons. The highest BCUT2D eigenvalue weighted by atomic mass is 19.3. The third-order valence-corrected chi connectivity index (χ3v) is 5.43. The number of nitrogens with zero attached hydrogens (tertiary/aromatic N) is 1. The topological polar surface area (TPSA) is 71.5 Å². The largest absolute Gasteiger partial charge is 0.477 e. The van der Waals surface area contributed by atoms with Crippen LogP contribution in [0, 0.1) is 11.8 Å². The lowest BCUT2D eigenvalue weighted by Crippen LogP contribution is -2.50. The molecule has 2 N–H and O–H groups in total. The molecule has 28 heavy (non-hydrogen) atoms. The maximum absolute atomic E-state index is 13.3. The zero-order valence-electron chi connectivity index (χ0n) is 16.8. The highest BCUT2D eigenvalue weighted by Crippen LogP contribution is 2.50. The van der Waals surface area contributed by atoms with Crippen LogP contribution in [-0.2, 0) is 0 Å². The number of carbonyl (C=O) groups excluding carboxylic acids is 1. The second-order valence-electron chi connectivity index (χ2n) is 9.08. The molecule has 1 unspecified atom stereocenters. The molecule has 2 saturated carbocycles. The van der Waals surface area contributed by atoms with E-state index >= 15 is 0 Å². The number of halogens is 2. The zero-order valence-corrected chi connectivity index (χ0v) is 16.8. The van der Waals surface area contributed by atoms with Crippen molar-refractivity contribution in [1.29, 1.82) is 0 Å². The number of rotatable bonds is 9. The van der Waals surface area contributed by atoms with Crippen LogP contribution < -0.4 is 10.1 Å². The standard InChI is InChI=1S/C21H30F2N2O3/c1-13(2)8-20(3,12-26)25-18(27)17-7-6-16(15-9-21(22,23)10-15)19(24-17)28-11-14-4-5-14/h6-7,13-15,26H,4-5,8-12H2,1-3H3,(H,25,27). The summed E-state index contributed by atoms with van der Waals surface area (Å²) in [5, 5.41) is 12.6. The number of amides is 1. The van der Waals surface area contributed by atoms with Crippen LogP contribution in [0.5, 0.6) is 5.88 Å². The molecule has 0 aliphatic heterocycles. The summed E-state index contributed by atoms with van der Waals surface area (Å²) in [6.45, 7) is 6.14. The number of aliphatic hydroxyl groups is 1. The van der Waals surface area contributed by atoms with Crippen LogP contribution in [0.4, 0.5) is 8.78 Å². The van der Waals surface area contributed by atoms with Crippen molar-refractivity contribution in [2.45, 2.75) is 70.3 Å². The normalized spacial score (nSPS) is 21.1. The minimum Gasteiger partial charge on any atom is -0.477 e. The van der Waals surface area contributed by atoms with Gasteiger partial charge in [-0.15, -0.1) is 0 Å². The summed E-state index contributed by atoms with van der Waals surface area (Å²) in [6.07, 6.45) is 2.39. The van der Waals surface area contributed by atoms with Crippen LogP contribution in [0.1, 0.15) is 74.8 Å². The molecule has 2 aliphatic carbocycles. The van der Waals surface area contributed by atoms with Crippen LogP contribution >= 0.6 is 0 Å². The van der Waals surface area contributed by atoms with Gasteiger partial charge < -0.3 is 15.2 Å². The second-order valence-corrected chi connectivity index (χ2v) is 9.08. The van der Waals surface area contributed by atoms with Gasteiger partial charge in [0.1, 0.15) is 5.69 Å². The van der Waals surface area contributed by atoms with E-state index in [0.717, 1.165) is 12.8 Å². The van der Waals surface area contributed by atoms with Gasteiger partial charge in [-0.1, -0.05) is 19.9 Å². The van der Waals surface area contributed by atoms with E-state index in [1.807, 2.05) is 13.8 Å². The van der Waals surface area contributed by atoms with Crippen molar-refractivity contribution in [2.24, 2.45) is 11.8 Å². The minimum atomic E-state index is -2.63. The Morgan fingerprint density at radius 3 is 2.61 bits per heavy atom. The molecule has 3 rings (SSSR count). The van der Waals surface area contributed by atoms with Crippen molar-refractivity contribution in [1.82, 2.24) is 10.3 Å². The van der Waals surface area contributed by atoms with Crippen molar-refractivity contribution >= 4 is 5.91 Å². The zero-order chi connectivity index (χ0) is 20.5. The van der Waals surface area contributed by atoms with Gasteiger partial charge >= 0.3 is 0 Å². The van der Waals surface area contributed by atoms with Gasteiger partial charge in [0.15, 0.2) is 0 Å². The highest BCUT2D eigenvalue weighted by Gasteiger charge is 2.47. The van der Waals surface area contributed by atoms with E-state index in [9.17, 15) is 18.7 Å². The minimum absolute atomic E-state index is 0.170.